The molecule has 0 radical (unpaired) electrons. The minimum absolute atomic E-state index is 0.00333. The van der Waals surface area contributed by atoms with E-state index in [4.69, 9.17) is 23.2 Å². The van der Waals surface area contributed by atoms with Gasteiger partial charge in [0.2, 0.25) is 11.8 Å². The Hall–Kier alpha value is -2.54. The standard InChI is InChI=1S/C31H33Cl2FN2O2S/c32-25-16-15-24(27(33)18-25)20-39-21-30(37)36(19-23-11-7-8-14-28(23)34)29(17-22-9-3-1-4-10-22)31(38)35-26-12-5-2-6-13-26/h1,3-4,7-11,14-16,18,26,29H,2,5-6,12-13,17,19-21H2,(H,35,38). The van der Waals surface area contributed by atoms with Gasteiger partial charge in [-0.3, -0.25) is 9.59 Å². The van der Waals surface area contributed by atoms with Crippen molar-refractivity contribution in [2.24, 2.45) is 0 Å². The van der Waals surface area contributed by atoms with Gasteiger partial charge in [-0.05, 0) is 42.2 Å². The minimum Gasteiger partial charge on any atom is -0.352 e. The van der Waals surface area contributed by atoms with Gasteiger partial charge in [0.05, 0.1) is 5.75 Å². The van der Waals surface area contributed by atoms with Crippen molar-refractivity contribution >= 4 is 46.8 Å². The highest BCUT2D eigenvalue weighted by molar-refractivity contribution is 7.99. The molecule has 4 nitrogen and oxygen atoms in total. The predicted molar refractivity (Wildman–Crippen MR) is 159 cm³/mol. The zero-order chi connectivity index (χ0) is 27.6. The van der Waals surface area contributed by atoms with Gasteiger partial charge in [-0.2, -0.15) is 0 Å². The number of hydrogen-bond donors (Lipinski definition) is 1. The maximum atomic E-state index is 14.8. The fourth-order valence-electron chi connectivity index (χ4n) is 4.88. The molecule has 1 saturated carbocycles. The molecule has 1 aliphatic carbocycles. The third-order valence-electron chi connectivity index (χ3n) is 7.02. The van der Waals surface area contributed by atoms with Gasteiger partial charge < -0.3 is 10.2 Å². The third-order valence-corrected chi connectivity index (χ3v) is 8.57. The molecule has 4 rings (SSSR count). The summed E-state index contributed by atoms with van der Waals surface area (Å²) in [6.07, 6.45) is 5.54. The summed E-state index contributed by atoms with van der Waals surface area (Å²) in [5.41, 5.74) is 2.18. The summed E-state index contributed by atoms with van der Waals surface area (Å²) in [6, 6.07) is 20.7. The highest BCUT2D eigenvalue weighted by Gasteiger charge is 2.32. The van der Waals surface area contributed by atoms with Gasteiger partial charge in [0.25, 0.3) is 0 Å². The van der Waals surface area contributed by atoms with Crippen LogP contribution in [0.1, 0.15) is 48.8 Å². The molecule has 8 heteroatoms. The van der Waals surface area contributed by atoms with E-state index in [-0.39, 0.29) is 30.2 Å². The lowest BCUT2D eigenvalue weighted by Gasteiger charge is -2.33. The number of halogens is 3. The monoisotopic (exact) mass is 586 g/mol. The molecule has 1 fully saturated rings. The lowest BCUT2D eigenvalue weighted by Crippen LogP contribution is -2.53. The van der Waals surface area contributed by atoms with Crippen molar-refractivity contribution in [1.82, 2.24) is 10.2 Å². The van der Waals surface area contributed by atoms with Gasteiger partial charge >= 0.3 is 0 Å². The Labute approximate surface area is 244 Å². The summed E-state index contributed by atoms with van der Waals surface area (Å²) in [5.74, 6) is -0.196. The highest BCUT2D eigenvalue weighted by atomic mass is 35.5. The fourth-order valence-corrected chi connectivity index (χ4v) is 6.35. The maximum Gasteiger partial charge on any atom is 0.243 e. The van der Waals surface area contributed by atoms with Crippen LogP contribution in [0.25, 0.3) is 0 Å². The first-order valence-corrected chi connectivity index (χ1v) is 15.2. The summed E-state index contributed by atoms with van der Waals surface area (Å²) in [7, 11) is 0. The lowest BCUT2D eigenvalue weighted by molar-refractivity contribution is -0.139. The molecular weight excluding hydrogens is 554 g/mol. The summed E-state index contributed by atoms with van der Waals surface area (Å²) >= 11 is 13.7. The van der Waals surface area contributed by atoms with E-state index in [1.54, 1.807) is 35.2 Å². The number of nitrogens with one attached hydrogen (secondary N) is 1. The van der Waals surface area contributed by atoms with E-state index < -0.39 is 11.9 Å². The molecule has 0 bridgehead atoms. The van der Waals surface area contributed by atoms with Gasteiger partial charge in [-0.15, -0.1) is 11.8 Å². The number of thioether (sulfide) groups is 1. The zero-order valence-corrected chi connectivity index (χ0v) is 24.1. The Kier molecular flexibility index (Phi) is 11.1. The van der Waals surface area contributed by atoms with E-state index >= 15 is 0 Å². The Bertz CT molecular complexity index is 1250. The van der Waals surface area contributed by atoms with Crippen LogP contribution < -0.4 is 5.32 Å². The topological polar surface area (TPSA) is 49.4 Å². The molecule has 206 valence electrons. The van der Waals surface area contributed by atoms with Crippen LogP contribution in [0.2, 0.25) is 10.0 Å². The Morgan fingerprint density at radius 1 is 0.949 bits per heavy atom. The first-order chi connectivity index (χ1) is 18.9. The molecule has 39 heavy (non-hydrogen) atoms. The SMILES string of the molecule is O=C(NC1CCCCC1)C(Cc1ccccc1)N(Cc1ccccc1F)C(=O)CSCc1ccc(Cl)cc1Cl. The largest absolute Gasteiger partial charge is 0.352 e. The zero-order valence-electron chi connectivity index (χ0n) is 21.8. The van der Waals surface area contributed by atoms with Gasteiger partial charge in [0.15, 0.2) is 0 Å². The van der Waals surface area contributed by atoms with Crippen molar-refractivity contribution in [1.29, 1.82) is 0 Å². The number of rotatable bonds is 11. The highest BCUT2D eigenvalue weighted by Crippen LogP contribution is 2.26. The van der Waals surface area contributed by atoms with Gasteiger partial charge in [0.1, 0.15) is 11.9 Å². The van der Waals surface area contributed by atoms with Gasteiger partial charge in [-0.25, -0.2) is 4.39 Å². The molecule has 1 atom stereocenters. The normalized spacial score (nSPS) is 14.5. The smallest absolute Gasteiger partial charge is 0.243 e. The van der Waals surface area contributed by atoms with E-state index in [1.165, 1.54) is 24.2 Å². The second kappa shape index (κ2) is 14.7. The van der Waals surface area contributed by atoms with Crippen LogP contribution in [0.3, 0.4) is 0 Å². The van der Waals surface area contributed by atoms with Crippen LogP contribution in [0.5, 0.6) is 0 Å². The first kappa shape index (κ1) is 29.4. The maximum absolute atomic E-state index is 14.8. The molecule has 1 unspecified atom stereocenters. The number of carbonyl (C=O) groups is 2. The second-order valence-electron chi connectivity index (χ2n) is 9.89. The molecule has 3 aromatic rings. The summed E-state index contributed by atoms with van der Waals surface area (Å²) in [4.78, 5) is 29.1. The molecule has 0 spiro atoms. The van der Waals surface area contributed by atoms with Crippen LogP contribution in [0.4, 0.5) is 4.39 Å². The van der Waals surface area contributed by atoms with Crippen molar-refractivity contribution in [3.63, 3.8) is 0 Å². The number of hydrogen-bond acceptors (Lipinski definition) is 3. The molecule has 3 aromatic carbocycles. The number of benzene rings is 3. The van der Waals surface area contributed by atoms with Gasteiger partial charge in [-0.1, -0.05) is 97.1 Å². The van der Waals surface area contributed by atoms with Crippen molar-refractivity contribution < 1.29 is 14.0 Å². The Morgan fingerprint density at radius 2 is 1.67 bits per heavy atom. The van der Waals surface area contributed by atoms with Crippen LogP contribution in [0.15, 0.2) is 72.8 Å². The number of carbonyl (C=O) groups excluding carboxylic acids is 2. The molecule has 0 heterocycles. The fraction of sp³-hybridized carbons (Fsp3) is 0.355. The second-order valence-corrected chi connectivity index (χ2v) is 11.7. The molecule has 0 aliphatic heterocycles. The third kappa shape index (κ3) is 8.72. The van der Waals surface area contributed by atoms with Gasteiger partial charge in [0, 0.05) is 40.4 Å². The number of amides is 2. The summed E-state index contributed by atoms with van der Waals surface area (Å²) in [6.45, 7) is 0.00333. The van der Waals surface area contributed by atoms with Crippen molar-refractivity contribution in [3.05, 3.63) is 105 Å². The first-order valence-electron chi connectivity index (χ1n) is 13.3. The average molecular weight is 588 g/mol. The molecule has 0 aromatic heterocycles. The van der Waals surface area contributed by atoms with Crippen molar-refractivity contribution in [2.75, 3.05) is 5.75 Å². The molecule has 1 N–H and O–H groups in total. The van der Waals surface area contributed by atoms with Crippen molar-refractivity contribution in [3.8, 4) is 0 Å². The van der Waals surface area contributed by atoms with E-state index in [9.17, 15) is 14.0 Å². The minimum atomic E-state index is -0.777. The Morgan fingerprint density at radius 3 is 2.38 bits per heavy atom. The lowest BCUT2D eigenvalue weighted by atomic mass is 9.94. The summed E-state index contributed by atoms with van der Waals surface area (Å²) in [5, 5.41) is 4.30. The van der Waals surface area contributed by atoms with Crippen LogP contribution >= 0.6 is 35.0 Å². The molecule has 0 saturated heterocycles. The van der Waals surface area contributed by atoms with E-state index in [2.05, 4.69) is 5.32 Å². The van der Waals surface area contributed by atoms with Crippen molar-refractivity contribution in [2.45, 2.75) is 62.9 Å². The van der Waals surface area contributed by atoms with E-state index in [1.807, 2.05) is 36.4 Å². The van der Waals surface area contributed by atoms with E-state index in [0.717, 1.165) is 36.8 Å². The van der Waals surface area contributed by atoms with Crippen LogP contribution in [-0.2, 0) is 28.3 Å². The molecule has 2 amide bonds. The van der Waals surface area contributed by atoms with E-state index in [0.29, 0.717) is 27.8 Å². The quantitative estimate of drug-likeness (QED) is 0.254. The Balaban J connectivity index is 1.57. The predicted octanol–water partition coefficient (Wildman–Crippen LogP) is 7.45. The summed E-state index contributed by atoms with van der Waals surface area (Å²) < 4.78 is 14.8. The van der Waals surface area contributed by atoms with Crippen LogP contribution in [0, 0.1) is 5.82 Å². The molecular formula is C31H33Cl2FN2O2S. The average Bonchev–Trinajstić information content (AvgIpc) is 2.94. The molecule has 1 aliphatic rings. The number of nitrogens with zero attached hydrogens (tertiary/aromatic N) is 1. The van der Waals surface area contributed by atoms with Crippen LogP contribution in [-0.4, -0.2) is 34.6 Å².